The number of rotatable bonds is 6. The molecule has 0 aliphatic carbocycles. The summed E-state index contributed by atoms with van der Waals surface area (Å²) in [5, 5.41) is 6.76. The van der Waals surface area contributed by atoms with E-state index in [9.17, 15) is 40.8 Å². The molecule has 16 heteroatoms. The fraction of sp³-hybridized carbons (Fsp3) is 0.172. The molecule has 0 spiro atoms. The Hall–Kier alpha value is -4.25. The van der Waals surface area contributed by atoms with Crippen molar-refractivity contribution >= 4 is 62.2 Å². The molecule has 3 aromatic carbocycles. The molecule has 2 aliphatic heterocycles. The zero-order valence-corrected chi connectivity index (χ0v) is 25.2. The fourth-order valence-corrected chi connectivity index (χ4v) is 8.78. The number of aromatic nitrogens is 1. The highest BCUT2D eigenvalue weighted by molar-refractivity contribution is 8.00. The molecule has 10 nitrogen and oxygen atoms in total. The summed E-state index contributed by atoms with van der Waals surface area (Å²) in [5.41, 5.74) is -0.897. The number of carbonyl (C=O) groups excluding carboxylic acids is 3. The minimum Gasteiger partial charge on any atom is -0.325 e. The maximum Gasteiger partial charge on any atom is 0.418 e. The molecule has 4 aromatic rings. The predicted molar refractivity (Wildman–Crippen MR) is 160 cm³/mol. The number of benzene rings is 3. The second-order valence-electron chi connectivity index (χ2n) is 10.2. The Morgan fingerprint density at radius 2 is 1.56 bits per heavy atom. The van der Waals surface area contributed by atoms with Gasteiger partial charge in [-0.25, -0.2) is 18.5 Å². The van der Waals surface area contributed by atoms with Crippen LogP contribution in [0.15, 0.2) is 93.6 Å². The predicted octanol–water partition coefficient (Wildman–Crippen LogP) is 4.01. The van der Waals surface area contributed by atoms with Crippen molar-refractivity contribution in [2.75, 3.05) is 10.2 Å². The summed E-state index contributed by atoms with van der Waals surface area (Å²) in [5.74, 6) is -4.28. The molecule has 3 amide bonds. The van der Waals surface area contributed by atoms with Crippen LogP contribution in [0.4, 0.5) is 24.5 Å². The van der Waals surface area contributed by atoms with Crippen LogP contribution in [0.1, 0.15) is 21.9 Å². The molecular weight excluding hydrogens is 654 g/mol. The van der Waals surface area contributed by atoms with E-state index >= 15 is 0 Å². The van der Waals surface area contributed by atoms with E-state index in [0.29, 0.717) is 15.3 Å². The number of imide groups is 1. The molecule has 6 rings (SSSR count). The van der Waals surface area contributed by atoms with E-state index in [4.69, 9.17) is 5.14 Å². The summed E-state index contributed by atoms with van der Waals surface area (Å²) in [4.78, 5) is 54.3. The number of para-hydroxylation sites is 1. The Balaban J connectivity index is 1.38. The first kappa shape index (κ1) is 30.8. The van der Waals surface area contributed by atoms with Crippen LogP contribution in [-0.2, 0) is 37.1 Å². The van der Waals surface area contributed by atoms with Crippen molar-refractivity contribution in [2.24, 2.45) is 11.1 Å². The number of alkyl halides is 3. The lowest BCUT2D eigenvalue weighted by atomic mass is 9.83. The number of amides is 3. The number of thiazole rings is 1. The summed E-state index contributed by atoms with van der Waals surface area (Å²) in [6, 6.07) is 18.0. The molecule has 1 saturated heterocycles. The maximum absolute atomic E-state index is 13.9. The van der Waals surface area contributed by atoms with Crippen LogP contribution in [0, 0.1) is 5.92 Å². The van der Waals surface area contributed by atoms with Crippen molar-refractivity contribution < 1.29 is 36.0 Å². The molecule has 0 saturated carbocycles. The topological polar surface area (TPSA) is 149 Å². The molecule has 2 unspecified atom stereocenters. The van der Waals surface area contributed by atoms with Crippen molar-refractivity contribution in [2.45, 2.75) is 33.8 Å². The first-order valence-corrected chi connectivity index (χ1v) is 16.4. The summed E-state index contributed by atoms with van der Waals surface area (Å²) < 4.78 is 66.0. The van der Waals surface area contributed by atoms with Crippen LogP contribution < -0.4 is 20.2 Å². The SMILES string of the molecule is NS(=O)(=O)c1ccc(NC(=O)Cn2c3c(sc2=O)[C@H](c2ccccc2)C2C(=O)N(c4ccccc4C(F)(F)F)C(=O)C2S3)cc1. The summed E-state index contributed by atoms with van der Waals surface area (Å²) in [6.07, 6.45) is -4.83. The number of carbonyl (C=O) groups is 3. The van der Waals surface area contributed by atoms with E-state index < -0.39 is 73.7 Å². The van der Waals surface area contributed by atoms with E-state index in [2.05, 4.69) is 5.32 Å². The van der Waals surface area contributed by atoms with Gasteiger partial charge in [-0.3, -0.25) is 23.7 Å². The van der Waals surface area contributed by atoms with E-state index in [0.717, 1.165) is 39.8 Å². The van der Waals surface area contributed by atoms with E-state index in [1.54, 1.807) is 30.3 Å². The van der Waals surface area contributed by atoms with Gasteiger partial charge in [0, 0.05) is 16.5 Å². The molecule has 3 heterocycles. The number of fused-ring (bicyclic) bond motifs is 2. The van der Waals surface area contributed by atoms with Gasteiger partial charge in [-0.05, 0) is 42.0 Å². The number of nitrogens with two attached hydrogens (primary N) is 1. The van der Waals surface area contributed by atoms with Gasteiger partial charge in [0.1, 0.15) is 11.8 Å². The monoisotopic (exact) mass is 674 g/mol. The quantitative estimate of drug-likeness (QED) is 0.294. The van der Waals surface area contributed by atoms with Crippen LogP contribution in [0.3, 0.4) is 0 Å². The molecular formula is C29H21F3N4O6S3. The third kappa shape index (κ3) is 5.58. The van der Waals surface area contributed by atoms with Gasteiger partial charge < -0.3 is 5.32 Å². The minimum atomic E-state index is -4.83. The highest BCUT2D eigenvalue weighted by Gasteiger charge is 2.57. The summed E-state index contributed by atoms with van der Waals surface area (Å²) in [6.45, 7) is -0.490. The van der Waals surface area contributed by atoms with Gasteiger partial charge in [0.05, 0.1) is 27.1 Å². The van der Waals surface area contributed by atoms with Crippen LogP contribution in [0.25, 0.3) is 0 Å². The standard InChI is InChI=1S/C29H21F3N4O6S3/c30-29(31,32)18-8-4-5-9-19(18)36-25(38)22-21(15-6-2-1-3-7-15)24-27(43-23(22)26(36)39)35(28(40)44-24)14-20(37)34-16-10-12-17(13-11-16)45(33,41)42/h1-13,21-23H,14H2,(H,34,37)(H2,33,41,42)/t21-,22?,23?/m1/s1. The molecule has 2 aliphatic rings. The average Bonchev–Trinajstić information content (AvgIpc) is 3.43. The Bertz CT molecular complexity index is 2010. The van der Waals surface area contributed by atoms with Gasteiger partial charge in [0.25, 0.3) is 0 Å². The highest BCUT2D eigenvalue weighted by atomic mass is 32.2. The number of hydrogen-bond donors (Lipinski definition) is 2. The number of nitrogens with one attached hydrogen (secondary N) is 1. The average molecular weight is 675 g/mol. The van der Waals surface area contributed by atoms with E-state index in [1.165, 1.54) is 36.4 Å². The third-order valence-corrected chi connectivity index (χ3v) is 11.0. The van der Waals surface area contributed by atoms with Crippen molar-refractivity contribution in [3.63, 3.8) is 0 Å². The Labute approximate surface area is 261 Å². The second-order valence-corrected chi connectivity index (χ2v) is 13.9. The second kappa shape index (κ2) is 11.3. The molecule has 232 valence electrons. The van der Waals surface area contributed by atoms with Crippen LogP contribution in [-0.4, -0.2) is 36.0 Å². The maximum atomic E-state index is 13.9. The first-order chi connectivity index (χ1) is 21.3. The molecule has 0 bridgehead atoms. The lowest BCUT2D eigenvalue weighted by Crippen LogP contribution is -2.33. The smallest absolute Gasteiger partial charge is 0.325 e. The number of thioether (sulfide) groups is 1. The lowest BCUT2D eigenvalue weighted by molar-refractivity contribution is -0.137. The van der Waals surface area contributed by atoms with Gasteiger partial charge >= 0.3 is 11.0 Å². The lowest BCUT2D eigenvalue weighted by Gasteiger charge is -2.30. The largest absolute Gasteiger partial charge is 0.418 e. The van der Waals surface area contributed by atoms with E-state index in [1.807, 2.05) is 0 Å². The molecule has 1 aromatic heterocycles. The number of primary sulfonamides is 1. The number of halogens is 3. The van der Waals surface area contributed by atoms with Gasteiger partial charge in [0.15, 0.2) is 0 Å². The Kier molecular flexibility index (Phi) is 7.71. The molecule has 1 fully saturated rings. The number of nitrogens with zero attached hydrogens (tertiary/aromatic N) is 2. The molecule has 0 radical (unpaired) electrons. The molecule has 3 N–H and O–H groups in total. The Morgan fingerprint density at radius 3 is 2.20 bits per heavy atom. The number of sulfonamides is 1. The van der Waals surface area contributed by atoms with Crippen molar-refractivity contribution in [1.82, 2.24) is 4.57 Å². The summed E-state index contributed by atoms with van der Waals surface area (Å²) >= 11 is 1.66. The van der Waals surface area contributed by atoms with Gasteiger partial charge in [-0.1, -0.05) is 65.6 Å². The van der Waals surface area contributed by atoms with Crippen LogP contribution >= 0.6 is 23.1 Å². The fourth-order valence-electron chi connectivity index (χ4n) is 5.49. The normalized spacial score (nSPS) is 19.7. The van der Waals surface area contributed by atoms with Gasteiger partial charge in [0.2, 0.25) is 27.7 Å². The van der Waals surface area contributed by atoms with Gasteiger partial charge in [-0.2, -0.15) is 13.2 Å². The third-order valence-electron chi connectivity index (χ3n) is 7.43. The van der Waals surface area contributed by atoms with Gasteiger partial charge in [-0.15, -0.1) is 0 Å². The van der Waals surface area contributed by atoms with Crippen LogP contribution in [0.5, 0.6) is 0 Å². The Morgan fingerprint density at radius 1 is 0.911 bits per heavy atom. The number of anilines is 2. The minimum absolute atomic E-state index is 0.163. The molecule has 3 atom stereocenters. The summed E-state index contributed by atoms with van der Waals surface area (Å²) in [7, 11) is -3.95. The van der Waals surface area contributed by atoms with Crippen LogP contribution in [0.2, 0.25) is 0 Å². The molecule has 45 heavy (non-hydrogen) atoms. The highest BCUT2D eigenvalue weighted by Crippen LogP contribution is 2.54. The zero-order chi connectivity index (χ0) is 32.3. The number of hydrogen-bond acceptors (Lipinski definition) is 8. The zero-order valence-electron chi connectivity index (χ0n) is 22.7. The van der Waals surface area contributed by atoms with E-state index in [-0.39, 0.29) is 15.6 Å². The van der Waals surface area contributed by atoms with Crippen molar-refractivity contribution in [3.05, 3.63) is 105 Å². The van der Waals surface area contributed by atoms with Crippen molar-refractivity contribution in [1.29, 1.82) is 0 Å². The van der Waals surface area contributed by atoms with Crippen molar-refractivity contribution in [3.8, 4) is 0 Å². The first-order valence-electron chi connectivity index (χ1n) is 13.2.